The number of halogens is 1. The third kappa shape index (κ3) is 4.73. The third-order valence-electron chi connectivity index (χ3n) is 3.19. The van der Waals surface area contributed by atoms with Crippen LogP contribution in [0.25, 0.3) is 0 Å². The summed E-state index contributed by atoms with van der Waals surface area (Å²) in [6, 6.07) is 11.6. The highest BCUT2D eigenvalue weighted by Crippen LogP contribution is 2.29. The number of anilines is 1. The van der Waals surface area contributed by atoms with Crippen LogP contribution in [0, 0.1) is 0 Å². The van der Waals surface area contributed by atoms with Crippen LogP contribution in [0.5, 0.6) is 11.5 Å². The number of carbonyl (C=O) groups is 2. The Bertz CT molecular complexity index is 715. The molecule has 0 unspecified atom stereocenters. The van der Waals surface area contributed by atoms with E-state index in [1.165, 1.54) is 0 Å². The number of hydrogen-bond acceptors (Lipinski definition) is 4. The molecule has 0 aliphatic rings. The number of nitrogens with one attached hydrogen (secondary N) is 1. The number of aldehydes is 1. The van der Waals surface area contributed by atoms with Crippen LogP contribution in [0.3, 0.4) is 0 Å². The summed E-state index contributed by atoms with van der Waals surface area (Å²) in [5.41, 5.74) is 1.10. The van der Waals surface area contributed by atoms with Crippen molar-refractivity contribution in [3.63, 3.8) is 0 Å². The van der Waals surface area contributed by atoms with Crippen LogP contribution in [0.1, 0.15) is 24.2 Å². The molecule has 0 bridgehead atoms. The fourth-order valence-electron chi connectivity index (χ4n) is 1.98. The zero-order valence-corrected chi connectivity index (χ0v) is 14.2. The Labute approximate surface area is 145 Å². The van der Waals surface area contributed by atoms with Gasteiger partial charge in [0.1, 0.15) is 6.29 Å². The maximum atomic E-state index is 12.2. The summed E-state index contributed by atoms with van der Waals surface area (Å²) in [6.07, 6.45) is -0.0230. The second kappa shape index (κ2) is 8.36. The van der Waals surface area contributed by atoms with Gasteiger partial charge in [0.25, 0.3) is 5.91 Å². The standard InChI is InChI=1S/C18H18ClNO4/c1-3-23-17-10-13(11-21)4-9-16(17)24-12(2)18(22)20-15-7-5-14(19)6-8-15/h4-12H,3H2,1-2H3,(H,20,22)/t12-/m1/s1. The monoisotopic (exact) mass is 347 g/mol. The Morgan fingerprint density at radius 3 is 2.54 bits per heavy atom. The van der Waals surface area contributed by atoms with E-state index < -0.39 is 6.10 Å². The topological polar surface area (TPSA) is 64.6 Å². The Kier molecular flexibility index (Phi) is 6.21. The lowest BCUT2D eigenvalue weighted by Gasteiger charge is -2.17. The molecule has 0 aliphatic heterocycles. The Balaban J connectivity index is 2.07. The Hall–Kier alpha value is -2.53. The van der Waals surface area contributed by atoms with E-state index in [1.807, 2.05) is 6.92 Å². The van der Waals surface area contributed by atoms with Gasteiger partial charge in [-0.15, -0.1) is 0 Å². The molecular weight excluding hydrogens is 330 g/mol. The predicted octanol–water partition coefficient (Wildman–Crippen LogP) is 3.96. The van der Waals surface area contributed by atoms with Crippen LogP contribution in [-0.2, 0) is 4.79 Å². The molecule has 126 valence electrons. The molecule has 24 heavy (non-hydrogen) atoms. The maximum Gasteiger partial charge on any atom is 0.265 e. The van der Waals surface area contributed by atoms with Gasteiger partial charge >= 0.3 is 0 Å². The molecule has 2 aromatic rings. The van der Waals surface area contributed by atoms with E-state index in [2.05, 4.69) is 5.32 Å². The highest BCUT2D eigenvalue weighted by atomic mass is 35.5. The quantitative estimate of drug-likeness (QED) is 0.770. The summed E-state index contributed by atoms with van der Waals surface area (Å²) in [7, 11) is 0. The first kappa shape index (κ1) is 17.8. The lowest BCUT2D eigenvalue weighted by atomic mass is 10.2. The van der Waals surface area contributed by atoms with Gasteiger partial charge in [0.15, 0.2) is 17.6 Å². The van der Waals surface area contributed by atoms with Crippen molar-refractivity contribution in [2.24, 2.45) is 0 Å². The first-order chi connectivity index (χ1) is 11.5. The van der Waals surface area contributed by atoms with Gasteiger partial charge in [-0.3, -0.25) is 9.59 Å². The molecule has 2 rings (SSSR count). The van der Waals surface area contributed by atoms with E-state index in [9.17, 15) is 9.59 Å². The second-order valence-corrected chi connectivity index (χ2v) is 5.45. The molecule has 0 radical (unpaired) electrons. The minimum absolute atomic E-state index is 0.306. The molecule has 1 amide bonds. The summed E-state index contributed by atoms with van der Waals surface area (Å²) in [5, 5.41) is 3.34. The van der Waals surface area contributed by atoms with Gasteiger partial charge in [-0.1, -0.05) is 11.6 Å². The van der Waals surface area contributed by atoms with Gasteiger partial charge in [-0.2, -0.15) is 0 Å². The van der Waals surface area contributed by atoms with Crippen molar-refractivity contribution in [2.75, 3.05) is 11.9 Å². The first-order valence-electron chi connectivity index (χ1n) is 7.48. The van der Waals surface area contributed by atoms with Crippen molar-refractivity contribution in [2.45, 2.75) is 20.0 Å². The van der Waals surface area contributed by atoms with Crippen LogP contribution >= 0.6 is 11.6 Å². The predicted molar refractivity (Wildman–Crippen MR) is 93.2 cm³/mol. The number of hydrogen-bond donors (Lipinski definition) is 1. The average Bonchev–Trinajstić information content (AvgIpc) is 2.58. The molecule has 1 atom stereocenters. The van der Waals surface area contributed by atoms with Gasteiger partial charge in [0, 0.05) is 16.3 Å². The summed E-state index contributed by atoms with van der Waals surface area (Å²) in [4.78, 5) is 23.1. The molecule has 0 spiro atoms. The minimum atomic E-state index is -0.748. The molecule has 0 aliphatic carbocycles. The zero-order chi connectivity index (χ0) is 17.5. The van der Waals surface area contributed by atoms with Crippen LogP contribution in [0.2, 0.25) is 5.02 Å². The summed E-state index contributed by atoms with van der Waals surface area (Å²) in [5.74, 6) is 0.522. The lowest BCUT2D eigenvalue weighted by Crippen LogP contribution is -2.30. The second-order valence-electron chi connectivity index (χ2n) is 5.01. The fraction of sp³-hybridized carbons (Fsp3) is 0.222. The number of carbonyl (C=O) groups excluding carboxylic acids is 2. The molecule has 0 saturated heterocycles. The SMILES string of the molecule is CCOc1cc(C=O)ccc1O[C@H](C)C(=O)Nc1ccc(Cl)cc1. The lowest BCUT2D eigenvalue weighted by molar-refractivity contribution is -0.122. The van der Waals surface area contributed by atoms with E-state index in [-0.39, 0.29) is 5.91 Å². The zero-order valence-electron chi connectivity index (χ0n) is 13.4. The highest BCUT2D eigenvalue weighted by molar-refractivity contribution is 6.30. The van der Waals surface area contributed by atoms with E-state index >= 15 is 0 Å². The van der Waals surface area contributed by atoms with Gasteiger partial charge < -0.3 is 14.8 Å². The van der Waals surface area contributed by atoms with Crippen molar-refractivity contribution in [1.29, 1.82) is 0 Å². The molecule has 5 nitrogen and oxygen atoms in total. The number of ether oxygens (including phenoxy) is 2. The average molecular weight is 348 g/mol. The van der Waals surface area contributed by atoms with Crippen LogP contribution in [-0.4, -0.2) is 24.9 Å². The fourth-order valence-corrected chi connectivity index (χ4v) is 2.11. The Morgan fingerprint density at radius 1 is 1.21 bits per heavy atom. The third-order valence-corrected chi connectivity index (χ3v) is 3.44. The smallest absolute Gasteiger partial charge is 0.265 e. The maximum absolute atomic E-state index is 12.2. The first-order valence-corrected chi connectivity index (χ1v) is 7.86. The van der Waals surface area contributed by atoms with Crippen molar-refractivity contribution in [3.05, 3.63) is 53.1 Å². The molecule has 0 heterocycles. The van der Waals surface area contributed by atoms with E-state index in [4.69, 9.17) is 21.1 Å². The van der Waals surface area contributed by atoms with Crippen molar-refractivity contribution in [1.82, 2.24) is 0 Å². The normalized spacial score (nSPS) is 11.5. The summed E-state index contributed by atoms with van der Waals surface area (Å²) < 4.78 is 11.1. The summed E-state index contributed by atoms with van der Waals surface area (Å²) in [6.45, 7) is 3.88. The van der Waals surface area contributed by atoms with E-state index in [1.54, 1.807) is 49.4 Å². The van der Waals surface area contributed by atoms with E-state index in [0.29, 0.717) is 34.4 Å². The number of rotatable bonds is 7. The molecule has 0 saturated carbocycles. The van der Waals surface area contributed by atoms with Gasteiger partial charge in [0.2, 0.25) is 0 Å². The van der Waals surface area contributed by atoms with Gasteiger partial charge in [-0.05, 0) is 56.3 Å². The molecular formula is C18H18ClNO4. The van der Waals surface area contributed by atoms with E-state index in [0.717, 1.165) is 6.29 Å². The molecule has 6 heteroatoms. The number of amides is 1. The van der Waals surface area contributed by atoms with Crippen molar-refractivity contribution >= 4 is 29.5 Å². The van der Waals surface area contributed by atoms with Crippen LogP contribution in [0.15, 0.2) is 42.5 Å². The summed E-state index contributed by atoms with van der Waals surface area (Å²) >= 11 is 5.81. The highest BCUT2D eigenvalue weighted by Gasteiger charge is 2.17. The largest absolute Gasteiger partial charge is 0.490 e. The van der Waals surface area contributed by atoms with Crippen molar-refractivity contribution < 1.29 is 19.1 Å². The van der Waals surface area contributed by atoms with Crippen LogP contribution < -0.4 is 14.8 Å². The number of benzene rings is 2. The van der Waals surface area contributed by atoms with Gasteiger partial charge in [-0.25, -0.2) is 0 Å². The minimum Gasteiger partial charge on any atom is -0.490 e. The van der Waals surface area contributed by atoms with Crippen LogP contribution in [0.4, 0.5) is 5.69 Å². The molecule has 1 N–H and O–H groups in total. The van der Waals surface area contributed by atoms with Crippen molar-refractivity contribution in [3.8, 4) is 11.5 Å². The molecule has 0 fully saturated rings. The molecule has 2 aromatic carbocycles. The molecule has 0 aromatic heterocycles. The van der Waals surface area contributed by atoms with Gasteiger partial charge in [0.05, 0.1) is 6.61 Å². The Morgan fingerprint density at radius 2 is 1.92 bits per heavy atom.